The fourth-order valence-electron chi connectivity index (χ4n) is 2.02. The van der Waals surface area contributed by atoms with E-state index in [-0.39, 0.29) is 5.97 Å². The minimum atomic E-state index is -0.408. The standard InChI is InChI=1S/C16H20O4/c1-4-13(15(17)19-2)11-14(16(18)20-3)10-12-8-6-5-7-9-12/h4-9,14H,10-11H2,1-3H3/b13-4-. The Bertz CT molecular complexity index is 477. The van der Waals surface area contributed by atoms with Crippen LogP contribution in [0, 0.1) is 5.92 Å². The van der Waals surface area contributed by atoms with Gasteiger partial charge in [-0.1, -0.05) is 36.4 Å². The molecule has 1 unspecified atom stereocenters. The van der Waals surface area contributed by atoms with Gasteiger partial charge in [0.15, 0.2) is 0 Å². The van der Waals surface area contributed by atoms with Gasteiger partial charge in [-0.2, -0.15) is 0 Å². The summed E-state index contributed by atoms with van der Waals surface area (Å²) in [4.78, 5) is 23.5. The third-order valence-corrected chi connectivity index (χ3v) is 3.12. The van der Waals surface area contributed by atoms with Gasteiger partial charge in [0.1, 0.15) is 0 Å². The van der Waals surface area contributed by atoms with Crippen molar-refractivity contribution in [1.82, 2.24) is 0 Å². The van der Waals surface area contributed by atoms with E-state index in [1.165, 1.54) is 14.2 Å². The number of methoxy groups -OCH3 is 2. The van der Waals surface area contributed by atoms with E-state index >= 15 is 0 Å². The Morgan fingerprint density at radius 3 is 2.30 bits per heavy atom. The quantitative estimate of drug-likeness (QED) is 0.592. The van der Waals surface area contributed by atoms with Gasteiger partial charge in [0.25, 0.3) is 0 Å². The van der Waals surface area contributed by atoms with Crippen LogP contribution in [0.25, 0.3) is 0 Å². The molecule has 0 aliphatic rings. The van der Waals surface area contributed by atoms with Gasteiger partial charge in [0.2, 0.25) is 0 Å². The molecule has 0 fully saturated rings. The van der Waals surface area contributed by atoms with E-state index in [4.69, 9.17) is 9.47 Å². The molecule has 1 rings (SSSR count). The molecule has 1 aromatic rings. The van der Waals surface area contributed by atoms with Crippen LogP contribution in [0.2, 0.25) is 0 Å². The summed E-state index contributed by atoms with van der Waals surface area (Å²) in [5.41, 5.74) is 1.52. The molecule has 0 saturated heterocycles. The van der Waals surface area contributed by atoms with Crippen molar-refractivity contribution in [3.05, 3.63) is 47.5 Å². The second kappa shape index (κ2) is 8.15. The Labute approximate surface area is 119 Å². The van der Waals surface area contributed by atoms with Crippen molar-refractivity contribution in [2.45, 2.75) is 19.8 Å². The Hall–Kier alpha value is -2.10. The highest BCUT2D eigenvalue weighted by atomic mass is 16.5. The van der Waals surface area contributed by atoms with E-state index < -0.39 is 11.9 Å². The van der Waals surface area contributed by atoms with Crippen molar-refractivity contribution < 1.29 is 19.1 Å². The van der Waals surface area contributed by atoms with Gasteiger partial charge in [-0.15, -0.1) is 0 Å². The van der Waals surface area contributed by atoms with Gasteiger partial charge in [-0.3, -0.25) is 4.79 Å². The summed E-state index contributed by atoms with van der Waals surface area (Å²) in [5.74, 6) is -1.13. The first-order valence-corrected chi connectivity index (χ1v) is 6.47. The maximum absolute atomic E-state index is 11.9. The lowest BCUT2D eigenvalue weighted by molar-refractivity contribution is -0.145. The molecule has 0 heterocycles. The zero-order chi connectivity index (χ0) is 15.0. The Morgan fingerprint density at radius 1 is 1.15 bits per heavy atom. The van der Waals surface area contributed by atoms with Crippen LogP contribution in [0.4, 0.5) is 0 Å². The second-order valence-corrected chi connectivity index (χ2v) is 4.42. The summed E-state index contributed by atoms with van der Waals surface area (Å²) in [6.07, 6.45) is 2.51. The predicted octanol–water partition coefficient (Wildman–Crippen LogP) is 2.53. The van der Waals surface area contributed by atoms with Crippen LogP contribution in [0.1, 0.15) is 18.9 Å². The number of allylic oxidation sites excluding steroid dienone is 1. The number of rotatable bonds is 6. The smallest absolute Gasteiger partial charge is 0.333 e. The summed E-state index contributed by atoms with van der Waals surface area (Å²) in [5, 5.41) is 0. The zero-order valence-corrected chi connectivity index (χ0v) is 12.1. The maximum atomic E-state index is 11.9. The molecule has 0 aliphatic heterocycles. The number of benzene rings is 1. The molecule has 0 radical (unpaired) electrons. The minimum absolute atomic E-state index is 0.310. The molecule has 0 saturated carbocycles. The van der Waals surface area contributed by atoms with Crippen molar-refractivity contribution >= 4 is 11.9 Å². The molecule has 4 nitrogen and oxygen atoms in total. The monoisotopic (exact) mass is 276 g/mol. The first-order chi connectivity index (χ1) is 9.62. The average Bonchev–Trinajstić information content (AvgIpc) is 2.50. The molecule has 0 bridgehead atoms. The summed E-state index contributed by atoms with van der Waals surface area (Å²) in [7, 11) is 2.68. The van der Waals surface area contributed by atoms with Gasteiger partial charge in [-0.05, 0) is 25.3 Å². The number of hydrogen-bond donors (Lipinski definition) is 0. The molecular formula is C16H20O4. The summed E-state index contributed by atoms with van der Waals surface area (Å²) < 4.78 is 9.53. The fraction of sp³-hybridized carbons (Fsp3) is 0.375. The van der Waals surface area contributed by atoms with Crippen molar-refractivity contribution in [2.75, 3.05) is 14.2 Å². The van der Waals surface area contributed by atoms with E-state index in [0.29, 0.717) is 18.4 Å². The van der Waals surface area contributed by atoms with E-state index in [1.54, 1.807) is 13.0 Å². The Morgan fingerprint density at radius 2 is 1.80 bits per heavy atom. The molecular weight excluding hydrogens is 256 g/mol. The van der Waals surface area contributed by atoms with Gasteiger partial charge >= 0.3 is 11.9 Å². The zero-order valence-electron chi connectivity index (χ0n) is 12.1. The molecule has 4 heteroatoms. The Balaban J connectivity index is 2.85. The third-order valence-electron chi connectivity index (χ3n) is 3.12. The summed E-state index contributed by atoms with van der Waals surface area (Å²) in [6.45, 7) is 1.75. The van der Waals surface area contributed by atoms with Crippen LogP contribution in [-0.4, -0.2) is 26.2 Å². The predicted molar refractivity (Wildman–Crippen MR) is 76.0 cm³/mol. The Kier molecular flexibility index (Phi) is 6.50. The molecule has 1 aromatic carbocycles. The first-order valence-electron chi connectivity index (χ1n) is 6.47. The number of hydrogen-bond acceptors (Lipinski definition) is 4. The van der Waals surface area contributed by atoms with Crippen LogP contribution in [0.5, 0.6) is 0 Å². The van der Waals surface area contributed by atoms with E-state index in [1.807, 2.05) is 30.3 Å². The largest absolute Gasteiger partial charge is 0.469 e. The third kappa shape index (κ3) is 4.53. The second-order valence-electron chi connectivity index (χ2n) is 4.42. The van der Waals surface area contributed by atoms with Crippen LogP contribution in [0.15, 0.2) is 42.0 Å². The first kappa shape index (κ1) is 16.0. The average molecular weight is 276 g/mol. The lowest BCUT2D eigenvalue weighted by Gasteiger charge is -2.15. The van der Waals surface area contributed by atoms with E-state index in [9.17, 15) is 9.59 Å². The van der Waals surface area contributed by atoms with Crippen molar-refractivity contribution in [1.29, 1.82) is 0 Å². The number of carbonyl (C=O) groups excluding carboxylic acids is 2. The van der Waals surface area contributed by atoms with Crippen molar-refractivity contribution in [3.63, 3.8) is 0 Å². The van der Waals surface area contributed by atoms with Gasteiger partial charge in [0.05, 0.1) is 20.1 Å². The number of esters is 2. The molecule has 0 spiro atoms. The molecule has 108 valence electrons. The molecule has 1 atom stereocenters. The number of carbonyl (C=O) groups is 2. The molecule has 0 amide bonds. The van der Waals surface area contributed by atoms with Gasteiger partial charge < -0.3 is 9.47 Å². The highest BCUT2D eigenvalue weighted by Crippen LogP contribution is 2.19. The van der Waals surface area contributed by atoms with Crippen molar-refractivity contribution in [3.8, 4) is 0 Å². The fourth-order valence-corrected chi connectivity index (χ4v) is 2.02. The van der Waals surface area contributed by atoms with E-state index in [0.717, 1.165) is 5.56 Å². The van der Waals surface area contributed by atoms with E-state index in [2.05, 4.69) is 0 Å². The van der Waals surface area contributed by atoms with Crippen LogP contribution in [-0.2, 0) is 25.5 Å². The SMILES string of the molecule is C/C=C(/CC(Cc1ccccc1)C(=O)OC)C(=O)OC. The van der Waals surface area contributed by atoms with Crippen LogP contribution in [0.3, 0.4) is 0 Å². The summed E-state index contributed by atoms with van der Waals surface area (Å²) >= 11 is 0. The number of ether oxygens (including phenoxy) is 2. The maximum Gasteiger partial charge on any atom is 0.333 e. The van der Waals surface area contributed by atoms with Crippen LogP contribution < -0.4 is 0 Å². The molecule has 0 aliphatic carbocycles. The lowest BCUT2D eigenvalue weighted by atomic mass is 9.92. The highest BCUT2D eigenvalue weighted by Gasteiger charge is 2.23. The molecule has 20 heavy (non-hydrogen) atoms. The normalized spacial score (nSPS) is 12.7. The van der Waals surface area contributed by atoms with Gasteiger partial charge in [0, 0.05) is 5.57 Å². The highest BCUT2D eigenvalue weighted by molar-refractivity contribution is 5.89. The summed E-state index contributed by atoms with van der Waals surface area (Å²) in [6, 6.07) is 9.65. The topological polar surface area (TPSA) is 52.6 Å². The van der Waals surface area contributed by atoms with Crippen LogP contribution >= 0.6 is 0 Å². The van der Waals surface area contributed by atoms with Gasteiger partial charge in [-0.25, -0.2) is 4.79 Å². The van der Waals surface area contributed by atoms with Crippen molar-refractivity contribution in [2.24, 2.45) is 5.92 Å². The molecule has 0 N–H and O–H groups in total. The molecule has 0 aromatic heterocycles. The minimum Gasteiger partial charge on any atom is -0.469 e. The lowest BCUT2D eigenvalue weighted by Crippen LogP contribution is -2.21.